The summed E-state index contributed by atoms with van der Waals surface area (Å²) < 4.78 is 31.6. The molecule has 0 saturated carbocycles. The Morgan fingerprint density at radius 3 is 2.65 bits per heavy atom. The molecule has 2 rings (SSSR count). The molecule has 1 saturated heterocycles. The lowest BCUT2D eigenvalue weighted by Crippen LogP contribution is -2.40. The summed E-state index contributed by atoms with van der Waals surface area (Å²) in [5.41, 5.74) is 0.542. The molecule has 0 spiro atoms. The van der Waals surface area contributed by atoms with Crippen molar-refractivity contribution in [2.24, 2.45) is 5.92 Å². The van der Waals surface area contributed by atoms with Crippen molar-refractivity contribution in [2.75, 3.05) is 13.1 Å². The third-order valence-corrected chi connectivity index (χ3v) is 3.14. The van der Waals surface area contributed by atoms with E-state index in [9.17, 15) is 8.78 Å². The number of piperidine rings is 1. The molecule has 0 aromatic heterocycles. The Balaban J connectivity index is 1.92. The lowest BCUT2D eigenvalue weighted by Gasteiger charge is -2.29. The van der Waals surface area contributed by atoms with Gasteiger partial charge >= 0.3 is 0 Å². The second-order valence-electron chi connectivity index (χ2n) is 4.60. The SMILES string of the molecule is CC1CCNCC1OCc1cc(F)cc(F)c1. The minimum absolute atomic E-state index is 0.120. The Bertz CT molecular complexity index is 363. The van der Waals surface area contributed by atoms with Gasteiger partial charge in [0.25, 0.3) is 0 Å². The number of halogens is 2. The van der Waals surface area contributed by atoms with Crippen molar-refractivity contribution < 1.29 is 13.5 Å². The van der Waals surface area contributed by atoms with Gasteiger partial charge in [0.1, 0.15) is 11.6 Å². The highest BCUT2D eigenvalue weighted by Crippen LogP contribution is 2.17. The number of hydrogen-bond donors (Lipinski definition) is 1. The molecular formula is C13H17F2NO. The third kappa shape index (κ3) is 3.48. The van der Waals surface area contributed by atoms with Crippen LogP contribution in [-0.4, -0.2) is 19.2 Å². The van der Waals surface area contributed by atoms with Gasteiger partial charge in [-0.3, -0.25) is 0 Å². The van der Waals surface area contributed by atoms with Gasteiger partial charge in [-0.1, -0.05) is 6.92 Å². The molecule has 2 unspecified atom stereocenters. The maximum atomic E-state index is 13.0. The van der Waals surface area contributed by atoms with E-state index in [4.69, 9.17) is 4.74 Å². The first kappa shape index (κ1) is 12.5. The van der Waals surface area contributed by atoms with Gasteiger partial charge in [-0.05, 0) is 36.6 Å². The lowest BCUT2D eigenvalue weighted by molar-refractivity contribution is -0.00675. The van der Waals surface area contributed by atoms with Crippen molar-refractivity contribution in [3.05, 3.63) is 35.4 Å². The van der Waals surface area contributed by atoms with Gasteiger partial charge < -0.3 is 10.1 Å². The summed E-state index contributed by atoms with van der Waals surface area (Å²) in [5.74, 6) is -0.633. The van der Waals surface area contributed by atoms with Crippen molar-refractivity contribution in [3.8, 4) is 0 Å². The normalized spacial score (nSPS) is 24.9. The van der Waals surface area contributed by atoms with Crippen LogP contribution >= 0.6 is 0 Å². The maximum Gasteiger partial charge on any atom is 0.126 e. The van der Waals surface area contributed by atoms with Crippen molar-refractivity contribution in [1.82, 2.24) is 5.32 Å². The van der Waals surface area contributed by atoms with Crippen LogP contribution in [0.1, 0.15) is 18.9 Å². The van der Waals surface area contributed by atoms with E-state index in [0.29, 0.717) is 11.5 Å². The molecule has 2 atom stereocenters. The third-order valence-electron chi connectivity index (χ3n) is 3.14. The van der Waals surface area contributed by atoms with E-state index < -0.39 is 11.6 Å². The second-order valence-corrected chi connectivity index (χ2v) is 4.60. The summed E-state index contributed by atoms with van der Waals surface area (Å²) in [5, 5.41) is 3.25. The molecular weight excluding hydrogens is 224 g/mol. The monoisotopic (exact) mass is 241 g/mol. The molecule has 0 radical (unpaired) electrons. The van der Waals surface area contributed by atoms with E-state index in [1.807, 2.05) is 0 Å². The van der Waals surface area contributed by atoms with Crippen LogP contribution in [0.15, 0.2) is 18.2 Å². The molecule has 1 aliphatic heterocycles. The number of nitrogens with one attached hydrogen (secondary N) is 1. The Hall–Kier alpha value is -1.00. The number of hydrogen-bond acceptors (Lipinski definition) is 2. The van der Waals surface area contributed by atoms with Gasteiger partial charge in [0.2, 0.25) is 0 Å². The number of rotatable bonds is 3. The molecule has 0 bridgehead atoms. The lowest BCUT2D eigenvalue weighted by atomic mass is 9.97. The van der Waals surface area contributed by atoms with E-state index in [1.165, 1.54) is 12.1 Å². The van der Waals surface area contributed by atoms with Crippen LogP contribution in [0.5, 0.6) is 0 Å². The average molecular weight is 241 g/mol. The Morgan fingerprint density at radius 2 is 2.00 bits per heavy atom. The minimum atomic E-state index is -0.557. The molecule has 2 nitrogen and oxygen atoms in total. The van der Waals surface area contributed by atoms with Gasteiger partial charge in [-0.25, -0.2) is 8.78 Å². The zero-order valence-electron chi connectivity index (χ0n) is 9.88. The van der Waals surface area contributed by atoms with Crippen LogP contribution in [0.4, 0.5) is 8.78 Å². The quantitative estimate of drug-likeness (QED) is 0.877. The van der Waals surface area contributed by atoms with Crippen LogP contribution < -0.4 is 5.32 Å². The summed E-state index contributed by atoms with van der Waals surface area (Å²) in [7, 11) is 0. The predicted molar refractivity (Wildman–Crippen MR) is 61.6 cm³/mol. The van der Waals surface area contributed by atoms with Crippen LogP contribution in [-0.2, 0) is 11.3 Å². The fourth-order valence-electron chi connectivity index (χ4n) is 2.08. The van der Waals surface area contributed by atoms with E-state index in [-0.39, 0.29) is 12.7 Å². The molecule has 0 aliphatic carbocycles. The van der Waals surface area contributed by atoms with Gasteiger partial charge in [0.05, 0.1) is 12.7 Å². The van der Waals surface area contributed by atoms with E-state index in [2.05, 4.69) is 12.2 Å². The second kappa shape index (κ2) is 5.56. The summed E-state index contributed by atoms with van der Waals surface area (Å²) in [6, 6.07) is 3.49. The number of ether oxygens (including phenoxy) is 1. The fourth-order valence-corrected chi connectivity index (χ4v) is 2.08. The van der Waals surface area contributed by atoms with Crippen LogP contribution in [0.3, 0.4) is 0 Å². The van der Waals surface area contributed by atoms with Crippen molar-refractivity contribution in [3.63, 3.8) is 0 Å². The first-order valence-electron chi connectivity index (χ1n) is 5.92. The molecule has 17 heavy (non-hydrogen) atoms. The van der Waals surface area contributed by atoms with E-state index in [1.54, 1.807) is 0 Å². The molecule has 4 heteroatoms. The zero-order valence-corrected chi connectivity index (χ0v) is 9.88. The van der Waals surface area contributed by atoms with Gasteiger partial charge in [0, 0.05) is 12.6 Å². The Labute approximate surface area is 100.0 Å². The largest absolute Gasteiger partial charge is 0.372 e. The van der Waals surface area contributed by atoms with Gasteiger partial charge in [-0.2, -0.15) is 0 Å². The van der Waals surface area contributed by atoms with Crippen molar-refractivity contribution >= 4 is 0 Å². The molecule has 1 aromatic rings. The first-order chi connectivity index (χ1) is 8.15. The smallest absolute Gasteiger partial charge is 0.126 e. The van der Waals surface area contributed by atoms with E-state index >= 15 is 0 Å². The standard InChI is InChI=1S/C13H17F2NO/c1-9-2-3-16-7-13(9)17-8-10-4-11(14)6-12(15)5-10/h4-6,9,13,16H,2-3,7-8H2,1H3. The fraction of sp³-hybridized carbons (Fsp3) is 0.538. The highest BCUT2D eigenvalue weighted by Gasteiger charge is 2.21. The molecule has 1 heterocycles. The molecule has 0 amide bonds. The Morgan fingerprint density at radius 1 is 1.29 bits per heavy atom. The van der Waals surface area contributed by atoms with Crippen LogP contribution in [0, 0.1) is 17.6 Å². The molecule has 94 valence electrons. The van der Waals surface area contributed by atoms with Crippen molar-refractivity contribution in [2.45, 2.75) is 26.1 Å². The highest BCUT2D eigenvalue weighted by molar-refractivity contribution is 5.17. The summed E-state index contributed by atoms with van der Waals surface area (Å²) >= 11 is 0. The average Bonchev–Trinajstić information content (AvgIpc) is 2.27. The van der Waals surface area contributed by atoms with Crippen molar-refractivity contribution in [1.29, 1.82) is 0 Å². The van der Waals surface area contributed by atoms with Crippen LogP contribution in [0.25, 0.3) is 0 Å². The predicted octanol–water partition coefficient (Wildman–Crippen LogP) is 2.48. The van der Waals surface area contributed by atoms with E-state index in [0.717, 1.165) is 25.6 Å². The molecule has 1 aromatic carbocycles. The molecule has 1 fully saturated rings. The summed E-state index contributed by atoms with van der Waals surface area (Å²) in [4.78, 5) is 0. The summed E-state index contributed by atoms with van der Waals surface area (Å²) in [6.07, 6.45) is 1.19. The highest BCUT2D eigenvalue weighted by atomic mass is 19.1. The number of benzene rings is 1. The summed E-state index contributed by atoms with van der Waals surface area (Å²) in [6.45, 7) is 4.21. The molecule has 1 aliphatic rings. The zero-order chi connectivity index (χ0) is 12.3. The first-order valence-corrected chi connectivity index (χ1v) is 5.92. The molecule has 1 N–H and O–H groups in total. The van der Waals surface area contributed by atoms with Gasteiger partial charge in [0.15, 0.2) is 0 Å². The van der Waals surface area contributed by atoms with Crippen LogP contribution in [0.2, 0.25) is 0 Å². The topological polar surface area (TPSA) is 21.3 Å². The minimum Gasteiger partial charge on any atom is -0.372 e. The van der Waals surface area contributed by atoms with Gasteiger partial charge in [-0.15, -0.1) is 0 Å². The maximum absolute atomic E-state index is 13.0. The Kier molecular flexibility index (Phi) is 4.07.